The Morgan fingerprint density at radius 1 is 1.00 bits per heavy atom. The molecule has 32 heavy (non-hydrogen) atoms. The molecule has 1 saturated heterocycles. The van der Waals surface area contributed by atoms with E-state index < -0.39 is 39.6 Å². The molecule has 1 aromatic rings. The van der Waals surface area contributed by atoms with E-state index in [9.17, 15) is 24.0 Å². The molecule has 0 aromatic carbocycles. The van der Waals surface area contributed by atoms with Crippen LogP contribution >= 0.6 is 0 Å². The maximum Gasteiger partial charge on any atom is 0.329 e. The summed E-state index contributed by atoms with van der Waals surface area (Å²) in [7, 11) is 0. The number of esters is 2. The van der Waals surface area contributed by atoms with Crippen LogP contribution in [0.25, 0.3) is 0 Å². The Labute approximate surface area is 186 Å². The Kier molecular flexibility index (Phi) is 7.06. The van der Waals surface area contributed by atoms with E-state index >= 15 is 0 Å². The molecular formula is C22H33N3O7. The van der Waals surface area contributed by atoms with Gasteiger partial charge in [0.1, 0.15) is 25.4 Å². The normalized spacial score (nSPS) is 16.2. The van der Waals surface area contributed by atoms with Crippen molar-refractivity contribution < 1.29 is 23.9 Å². The van der Waals surface area contributed by atoms with Gasteiger partial charge >= 0.3 is 17.6 Å². The number of ether oxygens (including phenoxy) is 2. The Morgan fingerprint density at radius 2 is 1.50 bits per heavy atom. The van der Waals surface area contributed by atoms with Crippen LogP contribution in [0.1, 0.15) is 59.9 Å². The molecule has 0 unspecified atom stereocenters. The number of carbonyl (C=O) groups excluding carboxylic acids is 3. The first-order valence-electron chi connectivity index (χ1n) is 10.5. The standard InChI is InChI=1S/C22H33N3O7/c1-14-10-24(19(30)23-16(14)27)13-25-15(26)8-9-22(25,11-31-17(28)20(2,3)4)12-32-18(29)21(5,6)7/h10H,8-9,11-13H2,1-7H3,(H,23,27,30). The van der Waals surface area contributed by atoms with Gasteiger partial charge in [-0.05, 0) is 54.9 Å². The van der Waals surface area contributed by atoms with Crippen LogP contribution in [-0.2, 0) is 30.5 Å². The maximum atomic E-state index is 12.8. The van der Waals surface area contributed by atoms with E-state index in [0.717, 1.165) is 0 Å². The van der Waals surface area contributed by atoms with Crippen molar-refractivity contribution in [2.24, 2.45) is 10.8 Å². The molecule has 10 nitrogen and oxygen atoms in total. The molecule has 1 amide bonds. The number of nitrogens with one attached hydrogen (secondary N) is 1. The summed E-state index contributed by atoms with van der Waals surface area (Å²) in [5, 5.41) is 0. The van der Waals surface area contributed by atoms with Gasteiger partial charge in [-0.3, -0.25) is 28.7 Å². The van der Waals surface area contributed by atoms with Gasteiger partial charge in [-0.15, -0.1) is 0 Å². The van der Waals surface area contributed by atoms with Gasteiger partial charge in [0, 0.05) is 18.2 Å². The lowest BCUT2D eigenvalue weighted by Gasteiger charge is -2.38. The number of amides is 1. The average molecular weight is 452 g/mol. The summed E-state index contributed by atoms with van der Waals surface area (Å²) in [6.45, 7) is 11.2. The molecular weight excluding hydrogens is 418 g/mol. The molecule has 0 bridgehead atoms. The minimum atomic E-state index is -1.14. The van der Waals surface area contributed by atoms with Crippen molar-refractivity contribution in [1.82, 2.24) is 14.5 Å². The molecule has 10 heteroatoms. The summed E-state index contributed by atoms with van der Waals surface area (Å²) in [5.74, 6) is -1.20. The van der Waals surface area contributed by atoms with Crippen LogP contribution in [-0.4, -0.2) is 51.0 Å². The zero-order valence-corrected chi connectivity index (χ0v) is 19.9. The van der Waals surface area contributed by atoms with E-state index in [2.05, 4.69) is 4.98 Å². The summed E-state index contributed by atoms with van der Waals surface area (Å²) >= 11 is 0. The van der Waals surface area contributed by atoms with E-state index in [1.807, 2.05) is 0 Å². The zero-order valence-electron chi connectivity index (χ0n) is 19.9. The third kappa shape index (κ3) is 5.66. The van der Waals surface area contributed by atoms with Crippen molar-refractivity contribution in [3.63, 3.8) is 0 Å². The molecule has 0 aliphatic carbocycles. The third-order valence-corrected chi connectivity index (χ3v) is 5.33. The topological polar surface area (TPSA) is 128 Å². The van der Waals surface area contributed by atoms with E-state index in [-0.39, 0.29) is 38.6 Å². The largest absolute Gasteiger partial charge is 0.463 e. The maximum absolute atomic E-state index is 12.8. The van der Waals surface area contributed by atoms with E-state index in [1.54, 1.807) is 48.5 Å². The smallest absolute Gasteiger partial charge is 0.329 e. The first-order valence-corrected chi connectivity index (χ1v) is 10.5. The van der Waals surface area contributed by atoms with Gasteiger partial charge in [0.15, 0.2) is 0 Å². The highest BCUT2D eigenvalue weighted by Gasteiger charge is 2.48. The van der Waals surface area contributed by atoms with Crippen LogP contribution in [0.5, 0.6) is 0 Å². The highest BCUT2D eigenvalue weighted by atomic mass is 16.6. The van der Waals surface area contributed by atoms with Crippen LogP contribution in [0, 0.1) is 17.8 Å². The van der Waals surface area contributed by atoms with Crippen molar-refractivity contribution in [2.45, 2.75) is 73.5 Å². The number of aromatic nitrogens is 2. The van der Waals surface area contributed by atoms with Crippen LogP contribution < -0.4 is 11.2 Å². The lowest BCUT2D eigenvalue weighted by molar-refractivity contribution is -0.168. The van der Waals surface area contributed by atoms with Gasteiger partial charge in [-0.25, -0.2) is 4.79 Å². The number of nitrogens with zero attached hydrogens (tertiary/aromatic N) is 2. The number of aryl methyl sites for hydroxylation is 1. The summed E-state index contributed by atoms with van der Waals surface area (Å²) in [4.78, 5) is 65.2. The van der Waals surface area contributed by atoms with Crippen molar-refractivity contribution >= 4 is 17.8 Å². The molecule has 0 atom stereocenters. The highest BCUT2D eigenvalue weighted by Crippen LogP contribution is 2.33. The Hall–Kier alpha value is -2.91. The number of hydrogen-bond donors (Lipinski definition) is 1. The molecule has 1 aliphatic rings. The highest BCUT2D eigenvalue weighted by molar-refractivity contribution is 5.80. The van der Waals surface area contributed by atoms with E-state index in [4.69, 9.17) is 9.47 Å². The zero-order chi connectivity index (χ0) is 24.5. The number of H-pyrrole nitrogens is 1. The van der Waals surface area contributed by atoms with Crippen LogP contribution in [0.2, 0.25) is 0 Å². The van der Waals surface area contributed by atoms with Gasteiger partial charge in [0.2, 0.25) is 5.91 Å². The first kappa shape index (κ1) is 25.4. The molecule has 0 spiro atoms. The molecule has 0 radical (unpaired) electrons. The Bertz CT molecular complexity index is 978. The first-order chi connectivity index (χ1) is 14.6. The lowest BCUT2D eigenvalue weighted by atomic mass is 9.95. The van der Waals surface area contributed by atoms with Gasteiger partial charge < -0.3 is 14.4 Å². The fourth-order valence-corrected chi connectivity index (χ4v) is 3.15. The SMILES string of the molecule is Cc1cn(CN2C(=O)CCC2(COC(=O)C(C)(C)C)COC(=O)C(C)(C)C)c(=O)[nH]c1=O. The van der Waals surface area contributed by atoms with Gasteiger partial charge in [0.05, 0.1) is 10.8 Å². The number of likely N-dealkylation sites (tertiary alicyclic amines) is 1. The molecule has 1 aliphatic heterocycles. The second-order valence-electron chi connectivity index (χ2n) is 10.4. The number of rotatable bonds is 6. The summed E-state index contributed by atoms with van der Waals surface area (Å²) in [5.41, 5.74) is -3.54. The Morgan fingerprint density at radius 3 is 1.97 bits per heavy atom. The average Bonchev–Trinajstić information content (AvgIpc) is 2.97. The third-order valence-electron chi connectivity index (χ3n) is 5.33. The van der Waals surface area contributed by atoms with Crippen molar-refractivity contribution in [1.29, 1.82) is 0 Å². The molecule has 0 saturated carbocycles. The van der Waals surface area contributed by atoms with Crippen molar-refractivity contribution in [3.8, 4) is 0 Å². The predicted molar refractivity (Wildman–Crippen MR) is 116 cm³/mol. The van der Waals surface area contributed by atoms with E-state index in [1.165, 1.54) is 15.7 Å². The second kappa shape index (κ2) is 8.91. The molecule has 2 rings (SSSR count). The summed E-state index contributed by atoms with van der Waals surface area (Å²) < 4.78 is 12.3. The second-order valence-corrected chi connectivity index (χ2v) is 10.4. The summed E-state index contributed by atoms with van der Waals surface area (Å²) in [6.07, 6.45) is 1.77. The fraction of sp³-hybridized carbons (Fsp3) is 0.682. The van der Waals surface area contributed by atoms with Gasteiger partial charge in [0.25, 0.3) is 5.56 Å². The fourth-order valence-electron chi connectivity index (χ4n) is 3.15. The number of aromatic amines is 1. The van der Waals surface area contributed by atoms with Gasteiger partial charge in [-0.1, -0.05) is 0 Å². The monoisotopic (exact) mass is 451 g/mol. The van der Waals surface area contributed by atoms with Crippen molar-refractivity contribution in [3.05, 3.63) is 32.6 Å². The van der Waals surface area contributed by atoms with E-state index in [0.29, 0.717) is 5.56 Å². The van der Waals surface area contributed by atoms with Crippen LogP contribution in [0.15, 0.2) is 15.8 Å². The number of carbonyl (C=O) groups is 3. The molecule has 178 valence electrons. The predicted octanol–water partition coefficient (Wildman–Crippen LogP) is 1.34. The molecule has 1 fully saturated rings. The minimum absolute atomic E-state index is 0.136. The molecule has 1 aromatic heterocycles. The van der Waals surface area contributed by atoms with Crippen LogP contribution in [0.4, 0.5) is 0 Å². The lowest BCUT2D eigenvalue weighted by Crippen LogP contribution is -2.55. The quantitative estimate of drug-likeness (QED) is 0.647. The Balaban J connectivity index is 2.40. The summed E-state index contributed by atoms with van der Waals surface area (Å²) in [6, 6.07) is 0. The molecule has 1 N–H and O–H groups in total. The van der Waals surface area contributed by atoms with Gasteiger partial charge in [-0.2, -0.15) is 0 Å². The minimum Gasteiger partial charge on any atom is -0.463 e. The van der Waals surface area contributed by atoms with Crippen LogP contribution in [0.3, 0.4) is 0 Å². The number of hydrogen-bond acceptors (Lipinski definition) is 7. The van der Waals surface area contributed by atoms with Crippen molar-refractivity contribution in [2.75, 3.05) is 13.2 Å². The molecule has 2 heterocycles.